The smallest absolute Gasteiger partial charge is 0.507 e. The number of halogens is 3. The summed E-state index contributed by atoms with van der Waals surface area (Å²) in [6.07, 6.45) is -0.883. The number of rotatable bonds is 4. The first-order chi connectivity index (χ1) is 17.2. The first kappa shape index (κ1) is 23.7. The maximum Gasteiger partial charge on any atom is 0.573 e. The van der Waals surface area contributed by atoms with E-state index in [-0.39, 0.29) is 17.0 Å². The standard InChI is InChI=1S/C28H22F3NO4/c29-28(30,31)36-22-14-12-21(13-15-22)32-24(18-7-2-1-3-8-18)23(26(34)27(32)35)25(33)20-11-10-17-6-4-5-9-19(17)16-20/h1-3,7-8,10-16,24,33H,4-6,9H2/b25-23-. The van der Waals surface area contributed by atoms with Gasteiger partial charge in [0.15, 0.2) is 0 Å². The lowest BCUT2D eigenvalue weighted by atomic mass is 9.88. The number of hydrogen-bond acceptors (Lipinski definition) is 4. The van der Waals surface area contributed by atoms with Crippen molar-refractivity contribution in [2.24, 2.45) is 0 Å². The van der Waals surface area contributed by atoms with Crippen LogP contribution in [-0.4, -0.2) is 23.2 Å². The third kappa shape index (κ3) is 4.46. The number of aliphatic hydroxyl groups excluding tert-OH is 1. The number of benzene rings is 3. The molecule has 1 aliphatic heterocycles. The summed E-state index contributed by atoms with van der Waals surface area (Å²) in [5.41, 5.74) is 3.47. The van der Waals surface area contributed by atoms with Gasteiger partial charge in [-0.15, -0.1) is 13.2 Å². The molecule has 0 aromatic heterocycles. The zero-order chi connectivity index (χ0) is 25.4. The van der Waals surface area contributed by atoms with Gasteiger partial charge in [0.1, 0.15) is 11.5 Å². The maximum absolute atomic E-state index is 13.2. The molecule has 184 valence electrons. The van der Waals surface area contributed by atoms with Crippen LogP contribution in [0.5, 0.6) is 5.75 Å². The second-order valence-electron chi connectivity index (χ2n) is 8.81. The van der Waals surface area contributed by atoms with E-state index in [2.05, 4.69) is 4.74 Å². The van der Waals surface area contributed by atoms with E-state index in [4.69, 9.17) is 0 Å². The number of fused-ring (bicyclic) bond motifs is 1. The van der Waals surface area contributed by atoms with Gasteiger partial charge in [-0.3, -0.25) is 14.5 Å². The molecular formula is C28H22F3NO4. The number of ether oxygens (including phenoxy) is 1. The van der Waals surface area contributed by atoms with Gasteiger partial charge in [0.2, 0.25) is 0 Å². The van der Waals surface area contributed by atoms with Crippen LogP contribution < -0.4 is 9.64 Å². The summed E-state index contributed by atoms with van der Waals surface area (Å²) in [5.74, 6) is -2.48. The molecule has 8 heteroatoms. The summed E-state index contributed by atoms with van der Waals surface area (Å²) in [7, 11) is 0. The van der Waals surface area contributed by atoms with E-state index in [1.54, 1.807) is 36.4 Å². The van der Waals surface area contributed by atoms with Gasteiger partial charge in [0.25, 0.3) is 11.7 Å². The molecule has 0 saturated carbocycles. The van der Waals surface area contributed by atoms with Crippen molar-refractivity contribution in [3.05, 3.63) is 101 Å². The Kier molecular flexibility index (Phi) is 6.04. The van der Waals surface area contributed by atoms with Crippen molar-refractivity contribution in [3.8, 4) is 5.75 Å². The van der Waals surface area contributed by atoms with Gasteiger partial charge in [0.05, 0.1) is 11.6 Å². The second-order valence-corrected chi connectivity index (χ2v) is 8.81. The van der Waals surface area contributed by atoms with E-state index in [0.717, 1.165) is 43.4 Å². The Morgan fingerprint density at radius 3 is 2.22 bits per heavy atom. The number of anilines is 1. The van der Waals surface area contributed by atoms with Crippen LogP contribution in [0.25, 0.3) is 5.76 Å². The minimum Gasteiger partial charge on any atom is -0.507 e. The number of ketones is 1. The lowest BCUT2D eigenvalue weighted by Crippen LogP contribution is -2.29. The first-order valence-electron chi connectivity index (χ1n) is 11.6. The van der Waals surface area contributed by atoms with Crippen LogP contribution >= 0.6 is 0 Å². The Bertz CT molecular complexity index is 1350. The lowest BCUT2D eigenvalue weighted by molar-refractivity contribution is -0.274. The molecule has 0 spiro atoms. The van der Waals surface area contributed by atoms with Crippen LogP contribution in [-0.2, 0) is 22.4 Å². The minimum absolute atomic E-state index is 0.0717. The molecule has 1 atom stereocenters. The fourth-order valence-corrected chi connectivity index (χ4v) is 4.89. The van der Waals surface area contributed by atoms with Crippen molar-refractivity contribution in [3.63, 3.8) is 0 Å². The average molecular weight is 493 g/mol. The van der Waals surface area contributed by atoms with Crippen LogP contribution in [0.1, 0.15) is 41.1 Å². The summed E-state index contributed by atoms with van der Waals surface area (Å²) in [4.78, 5) is 27.6. The second kappa shape index (κ2) is 9.18. The van der Waals surface area contributed by atoms with E-state index in [1.165, 1.54) is 22.6 Å². The Balaban J connectivity index is 1.61. The molecule has 1 unspecified atom stereocenters. The Hall–Kier alpha value is -4.07. The first-order valence-corrected chi connectivity index (χ1v) is 11.6. The van der Waals surface area contributed by atoms with Gasteiger partial charge in [-0.25, -0.2) is 0 Å². The highest BCUT2D eigenvalue weighted by Gasteiger charge is 2.47. The number of carbonyl (C=O) groups excluding carboxylic acids is 2. The van der Waals surface area contributed by atoms with Crippen molar-refractivity contribution in [1.82, 2.24) is 0 Å². The molecule has 36 heavy (non-hydrogen) atoms. The summed E-state index contributed by atoms with van der Waals surface area (Å²) < 4.78 is 41.7. The van der Waals surface area contributed by atoms with Crippen molar-refractivity contribution in [1.29, 1.82) is 0 Å². The van der Waals surface area contributed by atoms with Crippen molar-refractivity contribution >= 4 is 23.1 Å². The van der Waals surface area contributed by atoms with E-state index >= 15 is 0 Å². The van der Waals surface area contributed by atoms with E-state index in [9.17, 15) is 27.9 Å². The number of alkyl halides is 3. The molecule has 5 rings (SSSR count). The van der Waals surface area contributed by atoms with Crippen LogP contribution in [0.2, 0.25) is 0 Å². The molecule has 1 saturated heterocycles. The number of Topliss-reactive ketones (excluding diaryl/α,β-unsaturated/α-hetero) is 1. The van der Waals surface area contributed by atoms with E-state index < -0.39 is 29.8 Å². The number of aryl methyl sites for hydroxylation is 2. The van der Waals surface area contributed by atoms with Crippen LogP contribution in [0, 0.1) is 0 Å². The molecule has 3 aromatic carbocycles. The van der Waals surface area contributed by atoms with Gasteiger partial charge in [0, 0.05) is 11.3 Å². The highest BCUT2D eigenvalue weighted by Crippen LogP contribution is 2.43. The van der Waals surface area contributed by atoms with Gasteiger partial charge in [-0.05, 0) is 72.7 Å². The molecule has 3 aromatic rings. The number of amides is 1. The number of carbonyl (C=O) groups is 2. The van der Waals surface area contributed by atoms with Crippen molar-refractivity contribution < 1.29 is 32.6 Å². The van der Waals surface area contributed by atoms with Gasteiger partial charge < -0.3 is 9.84 Å². The minimum atomic E-state index is -4.86. The highest BCUT2D eigenvalue weighted by atomic mass is 19.4. The van der Waals surface area contributed by atoms with Crippen molar-refractivity contribution in [2.45, 2.75) is 38.1 Å². The molecule has 5 nitrogen and oxygen atoms in total. The molecule has 1 aliphatic carbocycles. The molecule has 0 bridgehead atoms. The van der Waals surface area contributed by atoms with Crippen LogP contribution in [0.3, 0.4) is 0 Å². The monoisotopic (exact) mass is 493 g/mol. The van der Waals surface area contributed by atoms with Crippen molar-refractivity contribution in [2.75, 3.05) is 4.90 Å². The SMILES string of the molecule is O=C1C(=O)N(c2ccc(OC(F)(F)F)cc2)C(c2ccccc2)/C1=C(/O)c1ccc2c(c1)CCCC2. The summed E-state index contributed by atoms with van der Waals surface area (Å²) in [6.45, 7) is 0. The summed E-state index contributed by atoms with van der Waals surface area (Å²) >= 11 is 0. The Morgan fingerprint density at radius 2 is 1.56 bits per heavy atom. The maximum atomic E-state index is 13.2. The number of aliphatic hydroxyl groups is 1. The summed E-state index contributed by atoms with van der Waals surface area (Å²) in [6, 6.07) is 18.0. The van der Waals surface area contributed by atoms with Gasteiger partial charge in [-0.1, -0.05) is 42.5 Å². The molecule has 1 amide bonds. The Labute approximate surface area is 205 Å². The predicted molar refractivity (Wildman–Crippen MR) is 127 cm³/mol. The normalized spacial score (nSPS) is 19.3. The number of hydrogen-bond donors (Lipinski definition) is 1. The molecule has 1 N–H and O–H groups in total. The molecule has 1 heterocycles. The molecule has 1 fully saturated rings. The summed E-state index contributed by atoms with van der Waals surface area (Å²) in [5, 5.41) is 11.3. The lowest BCUT2D eigenvalue weighted by Gasteiger charge is -2.25. The Morgan fingerprint density at radius 1 is 0.889 bits per heavy atom. The zero-order valence-corrected chi connectivity index (χ0v) is 19.1. The number of nitrogens with zero attached hydrogens (tertiary/aromatic N) is 1. The zero-order valence-electron chi connectivity index (χ0n) is 19.1. The third-order valence-electron chi connectivity index (χ3n) is 6.53. The quantitative estimate of drug-likeness (QED) is 0.271. The van der Waals surface area contributed by atoms with E-state index in [0.29, 0.717) is 11.1 Å². The van der Waals surface area contributed by atoms with Gasteiger partial charge in [-0.2, -0.15) is 0 Å². The van der Waals surface area contributed by atoms with Crippen LogP contribution in [0.15, 0.2) is 78.4 Å². The predicted octanol–water partition coefficient (Wildman–Crippen LogP) is 6.09. The molecule has 2 aliphatic rings. The highest BCUT2D eigenvalue weighted by molar-refractivity contribution is 6.51. The van der Waals surface area contributed by atoms with Gasteiger partial charge >= 0.3 is 6.36 Å². The van der Waals surface area contributed by atoms with E-state index in [1.807, 2.05) is 12.1 Å². The largest absolute Gasteiger partial charge is 0.573 e. The topological polar surface area (TPSA) is 66.8 Å². The fraction of sp³-hybridized carbons (Fsp3) is 0.214. The van der Waals surface area contributed by atoms with Crippen LogP contribution in [0.4, 0.5) is 18.9 Å². The average Bonchev–Trinajstić information content (AvgIpc) is 3.13. The third-order valence-corrected chi connectivity index (χ3v) is 6.53. The molecular weight excluding hydrogens is 471 g/mol. The molecule has 0 radical (unpaired) electrons. The fourth-order valence-electron chi connectivity index (χ4n) is 4.89.